The van der Waals surface area contributed by atoms with E-state index in [0.29, 0.717) is 23.4 Å². The van der Waals surface area contributed by atoms with Crippen LogP contribution in [0.5, 0.6) is 0 Å². The summed E-state index contributed by atoms with van der Waals surface area (Å²) < 4.78 is 14.6. The average Bonchev–Trinajstić information content (AvgIpc) is 3.53. The lowest BCUT2D eigenvalue weighted by atomic mass is 10.0. The normalized spacial score (nSPS) is 11.3. The predicted octanol–water partition coefficient (Wildman–Crippen LogP) is 6.71. The molecule has 0 aliphatic rings. The number of aromatic nitrogens is 5. The molecule has 2 aromatic carbocycles. The summed E-state index contributed by atoms with van der Waals surface area (Å²) in [5.74, 6) is -0.309. The Kier molecular flexibility index (Phi) is 5.69. The minimum Gasteiger partial charge on any atom is -0.353 e. The largest absolute Gasteiger partial charge is 0.353 e. The van der Waals surface area contributed by atoms with Crippen molar-refractivity contribution in [3.8, 4) is 33.8 Å². The number of nitrogens with one attached hydrogen (secondary N) is 3. The van der Waals surface area contributed by atoms with Crippen LogP contribution in [0.25, 0.3) is 55.6 Å². The number of rotatable bonds is 6. The Bertz CT molecular complexity index is 1770. The maximum absolute atomic E-state index is 14.6. The monoisotopic (exact) mass is 490 g/mol. The van der Waals surface area contributed by atoms with Gasteiger partial charge in [-0.1, -0.05) is 37.3 Å². The second-order valence-electron chi connectivity index (χ2n) is 8.88. The third kappa shape index (κ3) is 4.23. The van der Waals surface area contributed by atoms with Crippen LogP contribution in [0.4, 0.5) is 10.1 Å². The first kappa shape index (κ1) is 22.6. The van der Waals surface area contributed by atoms with Crippen LogP contribution in [-0.2, 0) is 4.79 Å². The van der Waals surface area contributed by atoms with Crippen LogP contribution >= 0.6 is 0 Å². The maximum Gasteiger partial charge on any atom is 0.224 e. The molecule has 0 unspecified atom stereocenters. The fourth-order valence-electron chi connectivity index (χ4n) is 4.58. The number of halogens is 1. The van der Waals surface area contributed by atoms with E-state index in [0.717, 1.165) is 50.7 Å². The average molecular weight is 491 g/mol. The third-order valence-electron chi connectivity index (χ3n) is 6.33. The standard InChI is InChI=1S/C29H23FN6O/c1-2-6-28(37)33-18-11-17(14-31-15-18)25-13-22-27(16-32-25)35-36-29(22)26-12-21-19(8-5-10-24(21)34-26)20-7-3-4-9-23(20)30/h3-5,7-16,34H,2,6H2,1H3,(H,33,37)(H,35,36). The van der Waals surface area contributed by atoms with Crippen LogP contribution < -0.4 is 5.32 Å². The Morgan fingerprint density at radius 3 is 2.68 bits per heavy atom. The maximum atomic E-state index is 14.6. The summed E-state index contributed by atoms with van der Waals surface area (Å²) in [6, 6.07) is 18.4. The van der Waals surface area contributed by atoms with Crippen molar-refractivity contribution >= 4 is 33.4 Å². The van der Waals surface area contributed by atoms with Gasteiger partial charge in [-0.2, -0.15) is 5.10 Å². The highest BCUT2D eigenvalue weighted by molar-refractivity contribution is 6.01. The first-order valence-corrected chi connectivity index (χ1v) is 12.1. The quantitative estimate of drug-likeness (QED) is 0.241. The zero-order valence-corrected chi connectivity index (χ0v) is 20.0. The van der Waals surface area contributed by atoms with Gasteiger partial charge in [0, 0.05) is 40.0 Å². The zero-order chi connectivity index (χ0) is 25.4. The van der Waals surface area contributed by atoms with E-state index in [1.807, 2.05) is 49.4 Å². The van der Waals surface area contributed by atoms with Gasteiger partial charge in [-0.15, -0.1) is 0 Å². The number of H-pyrrole nitrogens is 2. The summed E-state index contributed by atoms with van der Waals surface area (Å²) in [6.07, 6.45) is 6.30. The Hall–Kier alpha value is -4.85. The number of pyridine rings is 2. The van der Waals surface area contributed by atoms with Crippen molar-refractivity contribution in [2.75, 3.05) is 5.32 Å². The Balaban J connectivity index is 1.41. The van der Waals surface area contributed by atoms with Gasteiger partial charge in [0.1, 0.15) is 11.5 Å². The van der Waals surface area contributed by atoms with Crippen LogP contribution in [0.1, 0.15) is 19.8 Å². The molecule has 1 amide bonds. The summed E-state index contributed by atoms with van der Waals surface area (Å²) in [4.78, 5) is 24.3. The van der Waals surface area contributed by atoms with Gasteiger partial charge in [-0.25, -0.2) is 4.39 Å². The number of nitrogens with zero attached hydrogens (tertiary/aromatic N) is 3. The van der Waals surface area contributed by atoms with Gasteiger partial charge >= 0.3 is 0 Å². The first-order chi connectivity index (χ1) is 18.1. The molecule has 37 heavy (non-hydrogen) atoms. The van der Waals surface area contributed by atoms with E-state index in [-0.39, 0.29) is 11.7 Å². The van der Waals surface area contributed by atoms with Gasteiger partial charge < -0.3 is 10.3 Å². The molecule has 0 saturated carbocycles. The number of fused-ring (bicyclic) bond motifs is 2. The summed E-state index contributed by atoms with van der Waals surface area (Å²) in [6.45, 7) is 1.96. The molecule has 7 nitrogen and oxygen atoms in total. The van der Waals surface area contributed by atoms with Crippen molar-refractivity contribution in [2.24, 2.45) is 0 Å². The molecular weight excluding hydrogens is 467 g/mol. The Labute approximate surface area is 211 Å². The molecule has 0 radical (unpaired) electrons. The summed E-state index contributed by atoms with van der Waals surface area (Å²) in [5, 5.41) is 12.3. The van der Waals surface area contributed by atoms with Crippen LogP contribution in [0.15, 0.2) is 79.3 Å². The highest BCUT2D eigenvalue weighted by atomic mass is 19.1. The Morgan fingerprint density at radius 2 is 1.81 bits per heavy atom. The van der Waals surface area contributed by atoms with Crippen LogP contribution in [-0.4, -0.2) is 31.1 Å². The molecule has 3 N–H and O–H groups in total. The van der Waals surface area contributed by atoms with Gasteiger partial charge in [-0.3, -0.25) is 19.9 Å². The van der Waals surface area contributed by atoms with Crippen LogP contribution in [0, 0.1) is 5.82 Å². The topological polar surface area (TPSA) is 99.4 Å². The van der Waals surface area contributed by atoms with Crippen molar-refractivity contribution in [3.63, 3.8) is 0 Å². The molecule has 0 spiro atoms. The molecule has 182 valence electrons. The van der Waals surface area contributed by atoms with Crippen molar-refractivity contribution in [1.29, 1.82) is 0 Å². The second-order valence-corrected chi connectivity index (χ2v) is 8.88. The number of hydrogen-bond donors (Lipinski definition) is 3. The zero-order valence-electron chi connectivity index (χ0n) is 20.0. The van der Waals surface area contributed by atoms with E-state index < -0.39 is 0 Å². The molecule has 8 heteroatoms. The van der Waals surface area contributed by atoms with E-state index in [2.05, 4.69) is 30.5 Å². The number of carbonyl (C=O) groups excluding carboxylic acids is 1. The highest BCUT2D eigenvalue weighted by Gasteiger charge is 2.16. The molecule has 6 aromatic rings. The molecular formula is C29H23FN6O. The Morgan fingerprint density at radius 1 is 0.946 bits per heavy atom. The van der Waals surface area contributed by atoms with Gasteiger partial charge in [-0.05, 0) is 42.3 Å². The molecule has 0 fully saturated rings. The first-order valence-electron chi connectivity index (χ1n) is 12.1. The van der Waals surface area contributed by atoms with Crippen molar-refractivity contribution < 1.29 is 9.18 Å². The lowest BCUT2D eigenvalue weighted by Crippen LogP contribution is -2.10. The minimum absolute atomic E-state index is 0.0458. The van der Waals surface area contributed by atoms with E-state index in [1.54, 1.807) is 30.7 Å². The minimum atomic E-state index is -0.264. The van der Waals surface area contributed by atoms with E-state index in [9.17, 15) is 9.18 Å². The SMILES string of the molecule is CCCC(=O)Nc1cncc(-c2cc3c(-c4cc5c(-c6ccccc6F)cccc5[nH]4)n[nH]c3cn2)c1. The number of anilines is 1. The smallest absolute Gasteiger partial charge is 0.224 e. The van der Waals surface area contributed by atoms with E-state index >= 15 is 0 Å². The van der Waals surface area contributed by atoms with Gasteiger partial charge in [0.2, 0.25) is 5.91 Å². The summed E-state index contributed by atoms with van der Waals surface area (Å²) >= 11 is 0. The molecule has 6 rings (SSSR count). The molecule has 0 aliphatic heterocycles. The fourth-order valence-corrected chi connectivity index (χ4v) is 4.58. The van der Waals surface area contributed by atoms with Gasteiger partial charge in [0.05, 0.1) is 35.0 Å². The van der Waals surface area contributed by atoms with Crippen LogP contribution in [0.2, 0.25) is 0 Å². The number of benzene rings is 2. The lowest BCUT2D eigenvalue weighted by molar-refractivity contribution is -0.116. The van der Waals surface area contributed by atoms with Crippen molar-refractivity contribution in [3.05, 3.63) is 85.1 Å². The van der Waals surface area contributed by atoms with Crippen molar-refractivity contribution in [2.45, 2.75) is 19.8 Å². The number of amides is 1. The van der Waals surface area contributed by atoms with Crippen LogP contribution in [0.3, 0.4) is 0 Å². The van der Waals surface area contributed by atoms with Gasteiger partial charge in [0.25, 0.3) is 0 Å². The number of carbonyl (C=O) groups is 1. The van der Waals surface area contributed by atoms with Gasteiger partial charge in [0.15, 0.2) is 0 Å². The second kappa shape index (κ2) is 9.31. The molecule has 0 saturated heterocycles. The highest BCUT2D eigenvalue weighted by Crippen LogP contribution is 2.35. The van der Waals surface area contributed by atoms with E-state index in [4.69, 9.17) is 0 Å². The summed E-state index contributed by atoms with van der Waals surface area (Å²) in [5.41, 5.74) is 6.69. The number of hydrogen-bond acceptors (Lipinski definition) is 4. The molecule has 4 heterocycles. The number of aromatic amines is 2. The molecule has 0 bridgehead atoms. The van der Waals surface area contributed by atoms with E-state index in [1.165, 1.54) is 6.07 Å². The molecule has 4 aromatic heterocycles. The predicted molar refractivity (Wildman–Crippen MR) is 143 cm³/mol. The summed E-state index contributed by atoms with van der Waals surface area (Å²) in [7, 11) is 0. The van der Waals surface area contributed by atoms with Crippen molar-refractivity contribution in [1.82, 2.24) is 25.1 Å². The third-order valence-corrected chi connectivity index (χ3v) is 6.33. The fraction of sp³-hybridized carbons (Fsp3) is 0.103. The molecule has 0 aliphatic carbocycles. The lowest BCUT2D eigenvalue weighted by Gasteiger charge is -2.06. The molecule has 0 atom stereocenters.